The van der Waals surface area contributed by atoms with Gasteiger partial charge in [0.25, 0.3) is 0 Å². The van der Waals surface area contributed by atoms with Crippen molar-refractivity contribution >= 4 is 21.9 Å². The minimum atomic E-state index is -0.369. The van der Waals surface area contributed by atoms with E-state index in [0.717, 1.165) is 16.6 Å². The molecule has 0 bridgehead atoms. The van der Waals surface area contributed by atoms with Crippen LogP contribution in [0.3, 0.4) is 0 Å². The van der Waals surface area contributed by atoms with Crippen LogP contribution in [0, 0.1) is 5.92 Å². The number of carbonyl (C=O) groups is 1. The summed E-state index contributed by atoms with van der Waals surface area (Å²) >= 11 is 3.39. The van der Waals surface area contributed by atoms with Crippen molar-refractivity contribution in [1.82, 2.24) is 9.78 Å². The standard InChI is InChI=1S/C10H15BrN2O2/c1-6(2)5-7-8(11)9(10(14)15-4)13(3)12-7/h6H,5H2,1-4H3. The minimum Gasteiger partial charge on any atom is -0.464 e. The van der Waals surface area contributed by atoms with Crippen molar-refractivity contribution in [3.05, 3.63) is 15.9 Å². The molecule has 0 atom stereocenters. The number of halogens is 1. The molecule has 0 saturated carbocycles. The normalized spacial score (nSPS) is 10.8. The molecule has 1 aromatic rings. The Hall–Kier alpha value is -0.840. The van der Waals surface area contributed by atoms with Crippen LogP contribution in [0.4, 0.5) is 0 Å². The average molecular weight is 275 g/mol. The second kappa shape index (κ2) is 4.79. The zero-order valence-electron chi connectivity index (χ0n) is 9.37. The van der Waals surface area contributed by atoms with Crippen molar-refractivity contribution in [1.29, 1.82) is 0 Å². The topological polar surface area (TPSA) is 44.1 Å². The quantitative estimate of drug-likeness (QED) is 0.794. The van der Waals surface area contributed by atoms with Gasteiger partial charge in [-0.1, -0.05) is 13.8 Å². The third-order valence-electron chi connectivity index (χ3n) is 2.04. The highest BCUT2D eigenvalue weighted by molar-refractivity contribution is 9.10. The van der Waals surface area contributed by atoms with Gasteiger partial charge >= 0.3 is 5.97 Å². The maximum absolute atomic E-state index is 11.4. The smallest absolute Gasteiger partial charge is 0.357 e. The number of aryl methyl sites for hydroxylation is 1. The van der Waals surface area contributed by atoms with Crippen molar-refractivity contribution < 1.29 is 9.53 Å². The molecule has 84 valence electrons. The van der Waals surface area contributed by atoms with E-state index < -0.39 is 0 Å². The maximum Gasteiger partial charge on any atom is 0.357 e. The van der Waals surface area contributed by atoms with E-state index in [9.17, 15) is 4.79 Å². The summed E-state index contributed by atoms with van der Waals surface area (Å²) < 4.78 is 6.98. The van der Waals surface area contributed by atoms with Crippen molar-refractivity contribution in [3.8, 4) is 0 Å². The molecule has 0 unspecified atom stereocenters. The molecular formula is C10H15BrN2O2. The van der Waals surface area contributed by atoms with Gasteiger partial charge < -0.3 is 4.74 Å². The second-order valence-corrected chi connectivity index (χ2v) is 4.62. The van der Waals surface area contributed by atoms with Crippen LogP contribution >= 0.6 is 15.9 Å². The lowest BCUT2D eigenvalue weighted by molar-refractivity contribution is 0.0587. The Kier molecular flexibility index (Phi) is 3.90. The third kappa shape index (κ3) is 2.59. The summed E-state index contributed by atoms with van der Waals surface area (Å²) in [5.74, 6) is 0.133. The summed E-state index contributed by atoms with van der Waals surface area (Å²) in [4.78, 5) is 11.4. The summed E-state index contributed by atoms with van der Waals surface area (Å²) in [5.41, 5.74) is 1.36. The molecule has 1 heterocycles. The number of rotatable bonds is 3. The van der Waals surface area contributed by atoms with Gasteiger partial charge in [0.1, 0.15) is 0 Å². The van der Waals surface area contributed by atoms with Crippen LogP contribution in [0.1, 0.15) is 30.0 Å². The van der Waals surface area contributed by atoms with Crippen molar-refractivity contribution in [2.75, 3.05) is 7.11 Å². The Balaban J connectivity index is 3.09. The fraction of sp³-hybridized carbons (Fsp3) is 0.600. The first-order valence-electron chi connectivity index (χ1n) is 4.77. The van der Waals surface area contributed by atoms with Crippen LogP contribution in [0.25, 0.3) is 0 Å². The van der Waals surface area contributed by atoms with Crippen LogP contribution in [0.15, 0.2) is 4.47 Å². The Morgan fingerprint density at radius 1 is 1.60 bits per heavy atom. The lowest BCUT2D eigenvalue weighted by atomic mass is 10.1. The molecule has 0 N–H and O–H groups in total. The molecule has 0 spiro atoms. The highest BCUT2D eigenvalue weighted by Crippen LogP contribution is 2.23. The largest absolute Gasteiger partial charge is 0.464 e. The highest BCUT2D eigenvalue weighted by atomic mass is 79.9. The lowest BCUT2D eigenvalue weighted by Gasteiger charge is -2.00. The van der Waals surface area contributed by atoms with E-state index in [0.29, 0.717) is 11.6 Å². The lowest BCUT2D eigenvalue weighted by Crippen LogP contribution is -2.08. The monoisotopic (exact) mass is 274 g/mol. The first-order chi connectivity index (χ1) is 6.97. The fourth-order valence-electron chi connectivity index (χ4n) is 1.39. The zero-order chi connectivity index (χ0) is 11.6. The number of esters is 1. The zero-order valence-corrected chi connectivity index (χ0v) is 11.0. The molecule has 4 nitrogen and oxygen atoms in total. The number of aromatic nitrogens is 2. The molecule has 1 aromatic heterocycles. The molecule has 1 rings (SSSR count). The molecular weight excluding hydrogens is 260 g/mol. The van der Waals surface area contributed by atoms with E-state index in [1.54, 1.807) is 11.7 Å². The SMILES string of the molecule is COC(=O)c1c(Br)c(CC(C)C)nn1C. The number of hydrogen-bond acceptors (Lipinski definition) is 3. The predicted molar refractivity (Wildman–Crippen MR) is 60.8 cm³/mol. The van der Waals surface area contributed by atoms with Crippen molar-refractivity contribution in [2.45, 2.75) is 20.3 Å². The van der Waals surface area contributed by atoms with Crippen LogP contribution in [-0.4, -0.2) is 22.9 Å². The van der Waals surface area contributed by atoms with Gasteiger partial charge in [-0.3, -0.25) is 4.68 Å². The first-order valence-corrected chi connectivity index (χ1v) is 5.56. The fourth-order valence-corrected chi connectivity index (χ4v) is 2.05. The van der Waals surface area contributed by atoms with E-state index in [-0.39, 0.29) is 5.97 Å². The molecule has 0 aliphatic heterocycles. The summed E-state index contributed by atoms with van der Waals surface area (Å²) in [7, 11) is 3.10. The number of ether oxygens (including phenoxy) is 1. The molecule has 0 amide bonds. The van der Waals surface area contributed by atoms with Crippen molar-refractivity contribution in [3.63, 3.8) is 0 Å². The van der Waals surface area contributed by atoms with E-state index in [1.807, 2.05) is 0 Å². The van der Waals surface area contributed by atoms with Gasteiger partial charge in [0.05, 0.1) is 17.3 Å². The van der Waals surface area contributed by atoms with Gasteiger partial charge in [0.2, 0.25) is 0 Å². The number of nitrogens with zero attached hydrogens (tertiary/aromatic N) is 2. The van der Waals surface area contributed by atoms with Gasteiger partial charge in [-0.05, 0) is 28.3 Å². The van der Waals surface area contributed by atoms with Gasteiger partial charge in [-0.2, -0.15) is 5.10 Å². The predicted octanol–water partition coefficient (Wildman–Crippen LogP) is 2.17. The van der Waals surface area contributed by atoms with Gasteiger partial charge in [0, 0.05) is 7.05 Å². The molecule has 0 saturated heterocycles. The van der Waals surface area contributed by atoms with Gasteiger partial charge in [-0.25, -0.2) is 4.79 Å². The van der Waals surface area contributed by atoms with Crippen LogP contribution in [0.2, 0.25) is 0 Å². The summed E-state index contributed by atoms with van der Waals surface area (Å²) in [6.07, 6.45) is 0.839. The van der Waals surface area contributed by atoms with Crippen LogP contribution in [0.5, 0.6) is 0 Å². The van der Waals surface area contributed by atoms with Crippen molar-refractivity contribution in [2.24, 2.45) is 13.0 Å². The van der Waals surface area contributed by atoms with Crippen LogP contribution in [-0.2, 0) is 18.2 Å². The highest BCUT2D eigenvalue weighted by Gasteiger charge is 2.20. The first kappa shape index (κ1) is 12.2. The van der Waals surface area contributed by atoms with Gasteiger partial charge in [-0.15, -0.1) is 0 Å². The molecule has 0 aliphatic rings. The van der Waals surface area contributed by atoms with E-state index in [4.69, 9.17) is 0 Å². The third-order valence-corrected chi connectivity index (χ3v) is 2.87. The number of methoxy groups -OCH3 is 1. The summed E-state index contributed by atoms with van der Waals surface area (Å²) in [5, 5.41) is 4.29. The van der Waals surface area contributed by atoms with E-state index >= 15 is 0 Å². The molecule has 0 aliphatic carbocycles. The number of carbonyl (C=O) groups excluding carboxylic acids is 1. The molecule has 0 aromatic carbocycles. The maximum atomic E-state index is 11.4. The Morgan fingerprint density at radius 2 is 2.20 bits per heavy atom. The average Bonchev–Trinajstić information content (AvgIpc) is 2.40. The Bertz CT molecular complexity index is 372. The minimum absolute atomic E-state index is 0.369. The Morgan fingerprint density at radius 3 is 2.67 bits per heavy atom. The molecule has 15 heavy (non-hydrogen) atoms. The molecule has 0 radical (unpaired) electrons. The Labute approximate surface area is 97.7 Å². The van der Waals surface area contributed by atoms with Gasteiger partial charge in [0.15, 0.2) is 5.69 Å². The summed E-state index contributed by atoms with van der Waals surface area (Å²) in [6, 6.07) is 0. The van der Waals surface area contributed by atoms with Crippen LogP contribution < -0.4 is 0 Å². The summed E-state index contributed by atoms with van der Waals surface area (Å²) in [6.45, 7) is 4.22. The number of hydrogen-bond donors (Lipinski definition) is 0. The van der Waals surface area contributed by atoms with E-state index in [2.05, 4.69) is 39.6 Å². The second-order valence-electron chi connectivity index (χ2n) is 3.82. The molecule has 0 fully saturated rings. The molecule has 5 heteroatoms. The van der Waals surface area contributed by atoms with E-state index in [1.165, 1.54) is 7.11 Å².